The van der Waals surface area contributed by atoms with Gasteiger partial charge >= 0.3 is 0 Å². The van der Waals surface area contributed by atoms with Gasteiger partial charge in [-0.05, 0) is 24.6 Å². The Bertz CT molecular complexity index is 318. The van der Waals surface area contributed by atoms with Gasteiger partial charge in [0.15, 0.2) is 0 Å². The van der Waals surface area contributed by atoms with Crippen LogP contribution in [0.15, 0.2) is 24.4 Å². The Balaban J connectivity index is 2.89. The molecule has 3 nitrogen and oxygen atoms in total. The summed E-state index contributed by atoms with van der Waals surface area (Å²) in [5.41, 5.74) is 6.73. The predicted molar refractivity (Wildman–Crippen MR) is 47.2 cm³/mol. The van der Waals surface area contributed by atoms with Crippen molar-refractivity contribution in [3.63, 3.8) is 0 Å². The molecule has 1 aromatic heterocycles. The second-order valence-electron chi connectivity index (χ2n) is 2.44. The van der Waals surface area contributed by atoms with E-state index >= 15 is 0 Å². The van der Waals surface area contributed by atoms with Crippen molar-refractivity contribution >= 4 is 12.0 Å². The number of hydrogen-bond donors (Lipinski definition) is 1. The van der Waals surface area contributed by atoms with E-state index in [-0.39, 0.29) is 0 Å². The topological polar surface area (TPSA) is 56.0 Å². The van der Waals surface area contributed by atoms with Gasteiger partial charge in [0, 0.05) is 12.3 Å². The first-order valence-electron chi connectivity index (χ1n) is 3.59. The molecular weight excluding hydrogens is 152 g/mol. The number of hydrogen-bond acceptors (Lipinski definition) is 2. The van der Waals surface area contributed by atoms with Gasteiger partial charge in [0.05, 0.1) is 5.69 Å². The van der Waals surface area contributed by atoms with Crippen LogP contribution in [0.4, 0.5) is 0 Å². The van der Waals surface area contributed by atoms with Crippen molar-refractivity contribution < 1.29 is 4.79 Å². The second kappa shape index (κ2) is 3.67. The van der Waals surface area contributed by atoms with E-state index < -0.39 is 5.91 Å². The highest BCUT2D eigenvalue weighted by Crippen LogP contribution is 2.04. The summed E-state index contributed by atoms with van der Waals surface area (Å²) in [6.07, 6.45) is 4.58. The Labute approximate surface area is 70.9 Å². The summed E-state index contributed by atoms with van der Waals surface area (Å²) in [5, 5.41) is 0. The van der Waals surface area contributed by atoms with Gasteiger partial charge in [-0.3, -0.25) is 9.78 Å². The summed E-state index contributed by atoms with van der Waals surface area (Å²) < 4.78 is 0. The van der Waals surface area contributed by atoms with Gasteiger partial charge in [-0.25, -0.2) is 0 Å². The highest BCUT2D eigenvalue weighted by Gasteiger charge is 1.92. The van der Waals surface area contributed by atoms with Crippen LogP contribution in [0.5, 0.6) is 0 Å². The summed E-state index contributed by atoms with van der Waals surface area (Å²) >= 11 is 0. The summed E-state index contributed by atoms with van der Waals surface area (Å²) in [6.45, 7) is 1.92. The molecule has 12 heavy (non-hydrogen) atoms. The molecule has 0 radical (unpaired) electrons. The van der Waals surface area contributed by atoms with Crippen LogP contribution in [-0.4, -0.2) is 10.9 Å². The van der Waals surface area contributed by atoms with Gasteiger partial charge in [0.1, 0.15) is 0 Å². The molecule has 1 rings (SSSR count). The standard InChI is InChI=1S/C9H10N2O/c1-7-3-2-6-11-8(7)4-5-9(10)12/h2-6H,1H3,(H2,10,12). The Hall–Kier alpha value is -1.64. The Morgan fingerprint density at radius 2 is 2.42 bits per heavy atom. The highest BCUT2D eigenvalue weighted by atomic mass is 16.1. The van der Waals surface area contributed by atoms with Crippen molar-refractivity contribution in [2.45, 2.75) is 6.92 Å². The summed E-state index contributed by atoms with van der Waals surface area (Å²) in [4.78, 5) is 14.4. The van der Waals surface area contributed by atoms with Crippen LogP contribution in [0.3, 0.4) is 0 Å². The molecule has 0 atom stereocenters. The van der Waals surface area contributed by atoms with Crippen molar-refractivity contribution in [1.82, 2.24) is 4.98 Å². The minimum Gasteiger partial charge on any atom is -0.366 e. The second-order valence-corrected chi connectivity index (χ2v) is 2.44. The van der Waals surface area contributed by atoms with E-state index in [1.54, 1.807) is 12.3 Å². The zero-order valence-corrected chi connectivity index (χ0v) is 6.82. The first-order chi connectivity index (χ1) is 5.70. The van der Waals surface area contributed by atoms with Crippen LogP contribution in [0.2, 0.25) is 0 Å². The molecule has 1 aromatic rings. The van der Waals surface area contributed by atoms with E-state index in [9.17, 15) is 4.79 Å². The molecule has 0 aliphatic heterocycles. The lowest BCUT2D eigenvalue weighted by atomic mass is 10.2. The van der Waals surface area contributed by atoms with E-state index in [1.165, 1.54) is 6.08 Å². The van der Waals surface area contributed by atoms with Crippen molar-refractivity contribution in [2.75, 3.05) is 0 Å². The van der Waals surface area contributed by atoms with Crippen molar-refractivity contribution in [3.05, 3.63) is 35.7 Å². The van der Waals surface area contributed by atoms with Crippen LogP contribution in [-0.2, 0) is 4.79 Å². The smallest absolute Gasteiger partial charge is 0.241 e. The maximum atomic E-state index is 10.4. The fourth-order valence-corrected chi connectivity index (χ4v) is 0.833. The third kappa shape index (κ3) is 2.20. The fraction of sp³-hybridized carbons (Fsp3) is 0.111. The lowest BCUT2D eigenvalue weighted by Gasteiger charge is -1.95. The molecule has 0 spiro atoms. The quantitative estimate of drug-likeness (QED) is 0.656. The molecule has 0 bridgehead atoms. The van der Waals surface area contributed by atoms with E-state index in [2.05, 4.69) is 4.98 Å². The summed E-state index contributed by atoms with van der Waals surface area (Å²) in [6, 6.07) is 3.77. The molecule has 0 saturated heterocycles. The molecule has 0 saturated carbocycles. The lowest BCUT2D eigenvalue weighted by molar-refractivity contribution is -0.113. The van der Waals surface area contributed by atoms with Gasteiger partial charge in [0.25, 0.3) is 0 Å². The molecular formula is C9H10N2O. The van der Waals surface area contributed by atoms with E-state index in [0.717, 1.165) is 11.3 Å². The number of primary amides is 1. The lowest BCUT2D eigenvalue weighted by Crippen LogP contribution is -2.05. The zero-order chi connectivity index (χ0) is 8.97. The van der Waals surface area contributed by atoms with E-state index in [1.807, 2.05) is 19.1 Å². The van der Waals surface area contributed by atoms with Crippen LogP contribution in [0.25, 0.3) is 6.08 Å². The van der Waals surface area contributed by atoms with E-state index in [0.29, 0.717) is 0 Å². The molecule has 2 N–H and O–H groups in total. The SMILES string of the molecule is Cc1cccnc1C=CC(N)=O. The minimum absolute atomic E-state index is 0.458. The largest absolute Gasteiger partial charge is 0.366 e. The van der Waals surface area contributed by atoms with Gasteiger partial charge in [0.2, 0.25) is 5.91 Å². The van der Waals surface area contributed by atoms with Crippen LogP contribution < -0.4 is 5.73 Å². The Morgan fingerprint density at radius 3 is 3.00 bits per heavy atom. The van der Waals surface area contributed by atoms with Crippen LogP contribution >= 0.6 is 0 Å². The van der Waals surface area contributed by atoms with Crippen LogP contribution in [0, 0.1) is 6.92 Å². The van der Waals surface area contributed by atoms with Gasteiger partial charge < -0.3 is 5.73 Å². The molecule has 0 aromatic carbocycles. The number of nitrogens with two attached hydrogens (primary N) is 1. The molecule has 0 unspecified atom stereocenters. The number of pyridine rings is 1. The maximum Gasteiger partial charge on any atom is 0.241 e. The highest BCUT2D eigenvalue weighted by molar-refractivity contribution is 5.90. The van der Waals surface area contributed by atoms with Crippen molar-refractivity contribution in [2.24, 2.45) is 5.73 Å². The number of carbonyl (C=O) groups excluding carboxylic acids is 1. The zero-order valence-electron chi connectivity index (χ0n) is 6.82. The predicted octanol–water partition coefficient (Wildman–Crippen LogP) is 0.889. The monoisotopic (exact) mass is 162 g/mol. The molecule has 1 heterocycles. The van der Waals surface area contributed by atoms with Crippen LogP contribution in [0.1, 0.15) is 11.3 Å². The Morgan fingerprint density at radius 1 is 1.67 bits per heavy atom. The van der Waals surface area contributed by atoms with Crippen molar-refractivity contribution in [3.8, 4) is 0 Å². The maximum absolute atomic E-state index is 10.4. The van der Waals surface area contributed by atoms with Crippen molar-refractivity contribution in [1.29, 1.82) is 0 Å². The molecule has 0 aliphatic rings. The Kier molecular flexibility index (Phi) is 2.58. The van der Waals surface area contributed by atoms with E-state index in [4.69, 9.17) is 5.73 Å². The average Bonchev–Trinajstić information content (AvgIpc) is 2.03. The average molecular weight is 162 g/mol. The van der Waals surface area contributed by atoms with Gasteiger partial charge in [-0.1, -0.05) is 6.07 Å². The number of amides is 1. The number of nitrogens with zero attached hydrogens (tertiary/aromatic N) is 1. The molecule has 1 amide bonds. The third-order valence-corrected chi connectivity index (χ3v) is 1.46. The minimum atomic E-state index is -0.458. The first kappa shape index (κ1) is 8.46. The third-order valence-electron chi connectivity index (χ3n) is 1.46. The first-order valence-corrected chi connectivity index (χ1v) is 3.59. The molecule has 0 fully saturated rings. The number of aryl methyl sites for hydroxylation is 1. The normalized spacial score (nSPS) is 10.4. The summed E-state index contributed by atoms with van der Waals surface area (Å²) in [5.74, 6) is -0.458. The molecule has 62 valence electrons. The van der Waals surface area contributed by atoms with Gasteiger partial charge in [-0.2, -0.15) is 0 Å². The van der Waals surface area contributed by atoms with Gasteiger partial charge in [-0.15, -0.1) is 0 Å². The number of aromatic nitrogens is 1. The summed E-state index contributed by atoms with van der Waals surface area (Å²) in [7, 11) is 0. The molecule has 0 aliphatic carbocycles. The number of carbonyl (C=O) groups is 1. The number of rotatable bonds is 2. The molecule has 3 heteroatoms. The fourth-order valence-electron chi connectivity index (χ4n) is 0.833.